The fourth-order valence-corrected chi connectivity index (χ4v) is 1.97. The SMILES string of the molecule is CNc1nc(OCC2CCCO2)c2[nH]cnc2n1. The molecule has 7 heteroatoms. The monoisotopic (exact) mass is 249 g/mol. The largest absolute Gasteiger partial charge is 0.473 e. The number of rotatable bonds is 4. The van der Waals surface area contributed by atoms with Gasteiger partial charge in [-0.2, -0.15) is 9.97 Å². The Hall–Kier alpha value is -1.89. The highest BCUT2D eigenvalue weighted by atomic mass is 16.5. The Morgan fingerprint density at radius 2 is 2.50 bits per heavy atom. The number of hydrogen-bond donors (Lipinski definition) is 2. The number of fused-ring (bicyclic) bond motifs is 1. The van der Waals surface area contributed by atoms with Crippen molar-refractivity contribution in [2.24, 2.45) is 0 Å². The zero-order valence-electron chi connectivity index (χ0n) is 10.1. The van der Waals surface area contributed by atoms with Gasteiger partial charge in [0.05, 0.1) is 12.4 Å². The number of hydrogen-bond acceptors (Lipinski definition) is 6. The van der Waals surface area contributed by atoms with Crippen LogP contribution in [-0.2, 0) is 4.74 Å². The fraction of sp³-hybridized carbons (Fsp3) is 0.545. The lowest BCUT2D eigenvalue weighted by molar-refractivity contribution is 0.0669. The van der Waals surface area contributed by atoms with Crippen LogP contribution in [0.15, 0.2) is 6.33 Å². The lowest BCUT2D eigenvalue weighted by Crippen LogP contribution is -2.17. The third-order valence-electron chi connectivity index (χ3n) is 2.91. The van der Waals surface area contributed by atoms with Crippen molar-refractivity contribution < 1.29 is 9.47 Å². The van der Waals surface area contributed by atoms with Crippen molar-refractivity contribution in [3.05, 3.63) is 6.33 Å². The van der Waals surface area contributed by atoms with Crippen LogP contribution in [-0.4, -0.2) is 46.3 Å². The van der Waals surface area contributed by atoms with E-state index in [0.29, 0.717) is 29.6 Å². The van der Waals surface area contributed by atoms with Crippen LogP contribution in [0.25, 0.3) is 11.2 Å². The number of nitrogens with zero attached hydrogens (tertiary/aromatic N) is 3. The maximum Gasteiger partial charge on any atom is 0.245 e. The van der Waals surface area contributed by atoms with E-state index in [9.17, 15) is 0 Å². The summed E-state index contributed by atoms with van der Waals surface area (Å²) < 4.78 is 11.2. The molecule has 1 saturated heterocycles. The average Bonchev–Trinajstić information content (AvgIpc) is 3.06. The molecule has 18 heavy (non-hydrogen) atoms. The molecule has 0 aliphatic carbocycles. The lowest BCUT2D eigenvalue weighted by atomic mass is 10.2. The minimum Gasteiger partial charge on any atom is -0.473 e. The lowest BCUT2D eigenvalue weighted by Gasteiger charge is -2.11. The van der Waals surface area contributed by atoms with Crippen molar-refractivity contribution in [2.45, 2.75) is 18.9 Å². The van der Waals surface area contributed by atoms with E-state index in [1.54, 1.807) is 13.4 Å². The molecule has 3 heterocycles. The quantitative estimate of drug-likeness (QED) is 0.839. The van der Waals surface area contributed by atoms with Gasteiger partial charge in [0.1, 0.15) is 12.1 Å². The molecule has 1 aliphatic rings. The predicted octanol–water partition coefficient (Wildman–Crippen LogP) is 0.952. The highest BCUT2D eigenvalue weighted by Gasteiger charge is 2.18. The molecular weight excluding hydrogens is 234 g/mol. The number of imidazole rings is 1. The molecular formula is C11H15N5O2. The number of aromatic amines is 1. The van der Waals surface area contributed by atoms with Crippen LogP contribution in [0.1, 0.15) is 12.8 Å². The third kappa shape index (κ3) is 2.08. The Balaban J connectivity index is 1.82. The second-order valence-corrected chi connectivity index (χ2v) is 4.15. The van der Waals surface area contributed by atoms with Crippen molar-refractivity contribution in [1.29, 1.82) is 0 Å². The normalized spacial score (nSPS) is 19.3. The van der Waals surface area contributed by atoms with Gasteiger partial charge in [0.25, 0.3) is 0 Å². The van der Waals surface area contributed by atoms with Crippen LogP contribution in [0.4, 0.5) is 5.95 Å². The smallest absolute Gasteiger partial charge is 0.245 e. The van der Waals surface area contributed by atoms with Crippen LogP contribution in [0.3, 0.4) is 0 Å². The Morgan fingerprint density at radius 3 is 3.28 bits per heavy atom. The highest BCUT2D eigenvalue weighted by Crippen LogP contribution is 2.22. The molecule has 0 amide bonds. The van der Waals surface area contributed by atoms with E-state index in [0.717, 1.165) is 19.4 Å². The first-order valence-electron chi connectivity index (χ1n) is 6.00. The first kappa shape index (κ1) is 11.2. The molecule has 2 aromatic heterocycles. The van der Waals surface area contributed by atoms with Gasteiger partial charge in [0, 0.05) is 13.7 Å². The van der Waals surface area contributed by atoms with Crippen molar-refractivity contribution >= 4 is 17.1 Å². The number of anilines is 1. The fourth-order valence-electron chi connectivity index (χ4n) is 1.97. The molecule has 1 aliphatic heterocycles. The summed E-state index contributed by atoms with van der Waals surface area (Å²) in [4.78, 5) is 15.6. The van der Waals surface area contributed by atoms with Gasteiger partial charge in [-0.15, -0.1) is 0 Å². The number of aromatic nitrogens is 4. The van der Waals surface area contributed by atoms with Crippen LogP contribution in [0, 0.1) is 0 Å². The van der Waals surface area contributed by atoms with Gasteiger partial charge in [0.2, 0.25) is 11.8 Å². The van der Waals surface area contributed by atoms with Crippen molar-refractivity contribution in [1.82, 2.24) is 19.9 Å². The maximum atomic E-state index is 5.72. The number of nitrogens with one attached hydrogen (secondary N) is 2. The molecule has 0 radical (unpaired) electrons. The Bertz CT molecular complexity index is 535. The number of ether oxygens (including phenoxy) is 2. The molecule has 96 valence electrons. The number of H-pyrrole nitrogens is 1. The third-order valence-corrected chi connectivity index (χ3v) is 2.91. The predicted molar refractivity (Wildman–Crippen MR) is 65.7 cm³/mol. The molecule has 0 aromatic carbocycles. The minimum absolute atomic E-state index is 0.163. The van der Waals surface area contributed by atoms with E-state index in [1.165, 1.54) is 0 Å². The molecule has 3 rings (SSSR count). The topological polar surface area (TPSA) is 85.0 Å². The van der Waals surface area contributed by atoms with E-state index >= 15 is 0 Å². The van der Waals surface area contributed by atoms with Gasteiger partial charge in [-0.25, -0.2) is 4.98 Å². The van der Waals surface area contributed by atoms with Crippen molar-refractivity contribution in [2.75, 3.05) is 25.6 Å². The van der Waals surface area contributed by atoms with Gasteiger partial charge >= 0.3 is 0 Å². The second-order valence-electron chi connectivity index (χ2n) is 4.15. The van der Waals surface area contributed by atoms with Crippen LogP contribution in [0.5, 0.6) is 5.88 Å². The first-order valence-corrected chi connectivity index (χ1v) is 6.00. The van der Waals surface area contributed by atoms with Gasteiger partial charge in [-0.3, -0.25) is 0 Å². The molecule has 7 nitrogen and oxygen atoms in total. The molecule has 1 atom stereocenters. The maximum absolute atomic E-state index is 5.72. The van der Waals surface area contributed by atoms with E-state index in [1.807, 2.05) is 0 Å². The molecule has 0 bridgehead atoms. The molecule has 2 aromatic rings. The summed E-state index contributed by atoms with van der Waals surface area (Å²) >= 11 is 0. The zero-order chi connectivity index (χ0) is 12.4. The molecule has 1 fully saturated rings. The highest BCUT2D eigenvalue weighted by molar-refractivity contribution is 5.76. The Kier molecular flexibility index (Phi) is 2.97. The van der Waals surface area contributed by atoms with Crippen molar-refractivity contribution in [3.8, 4) is 5.88 Å². The minimum atomic E-state index is 0.163. The van der Waals surface area contributed by atoms with Crippen LogP contribution in [0.2, 0.25) is 0 Å². The summed E-state index contributed by atoms with van der Waals surface area (Å²) in [5.74, 6) is 1.01. The van der Waals surface area contributed by atoms with Crippen LogP contribution >= 0.6 is 0 Å². The second kappa shape index (κ2) is 4.77. The zero-order valence-corrected chi connectivity index (χ0v) is 10.1. The molecule has 0 spiro atoms. The first-order chi connectivity index (χ1) is 8.86. The molecule has 0 saturated carbocycles. The summed E-state index contributed by atoms with van der Waals surface area (Å²) in [6.07, 6.45) is 3.88. The van der Waals surface area contributed by atoms with E-state index in [-0.39, 0.29) is 6.10 Å². The summed E-state index contributed by atoms with van der Waals surface area (Å²) in [5.41, 5.74) is 1.31. The summed E-state index contributed by atoms with van der Waals surface area (Å²) in [5, 5.41) is 2.89. The van der Waals surface area contributed by atoms with Gasteiger partial charge in [0.15, 0.2) is 5.65 Å². The molecule has 1 unspecified atom stereocenters. The van der Waals surface area contributed by atoms with Gasteiger partial charge < -0.3 is 19.8 Å². The summed E-state index contributed by atoms with van der Waals surface area (Å²) in [6.45, 7) is 1.33. The Labute approximate surface area is 104 Å². The van der Waals surface area contributed by atoms with Gasteiger partial charge in [-0.05, 0) is 12.8 Å². The van der Waals surface area contributed by atoms with Crippen molar-refractivity contribution in [3.63, 3.8) is 0 Å². The Morgan fingerprint density at radius 1 is 1.56 bits per heavy atom. The average molecular weight is 249 g/mol. The standard InChI is InChI=1S/C11H15N5O2/c1-12-11-15-9-8(13-6-14-9)10(16-11)18-5-7-3-2-4-17-7/h6-7H,2-5H2,1H3,(H2,12,13,14,15,16). The summed E-state index contributed by atoms with van der Waals surface area (Å²) in [7, 11) is 1.76. The molecule has 2 N–H and O–H groups in total. The van der Waals surface area contributed by atoms with Crippen LogP contribution < -0.4 is 10.1 Å². The van der Waals surface area contributed by atoms with E-state index < -0.39 is 0 Å². The van der Waals surface area contributed by atoms with E-state index in [2.05, 4.69) is 25.3 Å². The van der Waals surface area contributed by atoms with Gasteiger partial charge in [-0.1, -0.05) is 0 Å². The van der Waals surface area contributed by atoms with E-state index in [4.69, 9.17) is 9.47 Å². The summed E-state index contributed by atoms with van der Waals surface area (Å²) in [6, 6.07) is 0.